The van der Waals surface area contributed by atoms with Crippen LogP contribution in [0.15, 0.2) is 91.0 Å². The van der Waals surface area contributed by atoms with Crippen molar-refractivity contribution in [2.45, 2.75) is 13.8 Å². The smallest absolute Gasteiger partial charge is 0.266 e. The van der Waals surface area contributed by atoms with Gasteiger partial charge in [0.1, 0.15) is 0 Å². The first-order valence-corrected chi connectivity index (χ1v) is 11.4. The van der Waals surface area contributed by atoms with Gasteiger partial charge < -0.3 is 5.32 Å². The van der Waals surface area contributed by atoms with Crippen molar-refractivity contribution in [3.05, 3.63) is 130 Å². The summed E-state index contributed by atoms with van der Waals surface area (Å²) in [6.07, 6.45) is 0. The Balaban J connectivity index is 1.41. The van der Waals surface area contributed by atoms with Gasteiger partial charge >= 0.3 is 0 Å². The van der Waals surface area contributed by atoms with Crippen molar-refractivity contribution >= 4 is 34.9 Å². The van der Waals surface area contributed by atoms with Crippen molar-refractivity contribution in [2.24, 2.45) is 0 Å². The number of rotatable bonds is 5. The van der Waals surface area contributed by atoms with E-state index in [-0.39, 0.29) is 28.4 Å². The normalized spacial score (nSPS) is 12.4. The fourth-order valence-corrected chi connectivity index (χ4v) is 4.18. The molecule has 0 aliphatic carbocycles. The molecule has 0 saturated carbocycles. The van der Waals surface area contributed by atoms with Gasteiger partial charge in [0.15, 0.2) is 5.78 Å². The Kier molecular flexibility index (Phi) is 5.78. The van der Waals surface area contributed by atoms with Gasteiger partial charge in [-0.05, 0) is 67.4 Å². The number of hydrogen-bond donors (Lipinski definition) is 1. The van der Waals surface area contributed by atoms with Gasteiger partial charge in [-0.15, -0.1) is 0 Å². The van der Waals surface area contributed by atoms with Gasteiger partial charge in [0.25, 0.3) is 17.7 Å². The van der Waals surface area contributed by atoms with E-state index in [1.165, 1.54) is 24.3 Å². The fourth-order valence-electron chi connectivity index (χ4n) is 4.18. The highest BCUT2D eigenvalue weighted by Gasteiger charge is 2.37. The molecule has 36 heavy (non-hydrogen) atoms. The second-order valence-electron chi connectivity index (χ2n) is 8.70. The van der Waals surface area contributed by atoms with E-state index in [9.17, 15) is 19.2 Å². The summed E-state index contributed by atoms with van der Waals surface area (Å²) in [6, 6.07) is 25.3. The van der Waals surface area contributed by atoms with Crippen LogP contribution in [0.1, 0.15) is 58.1 Å². The summed E-state index contributed by atoms with van der Waals surface area (Å²) in [5.41, 5.74) is 4.60. The first kappa shape index (κ1) is 22.9. The van der Waals surface area contributed by atoms with Crippen LogP contribution in [0.4, 0.5) is 11.4 Å². The number of aryl methyl sites for hydroxylation is 2. The number of amides is 3. The highest BCUT2D eigenvalue weighted by Crippen LogP contribution is 2.30. The van der Waals surface area contributed by atoms with Crippen LogP contribution < -0.4 is 10.2 Å². The van der Waals surface area contributed by atoms with E-state index in [0.717, 1.165) is 16.0 Å². The van der Waals surface area contributed by atoms with Crippen molar-refractivity contribution in [1.82, 2.24) is 0 Å². The number of carbonyl (C=O) groups excluding carboxylic acids is 4. The summed E-state index contributed by atoms with van der Waals surface area (Å²) in [4.78, 5) is 53.1. The van der Waals surface area contributed by atoms with Crippen LogP contribution in [-0.2, 0) is 0 Å². The first-order chi connectivity index (χ1) is 17.3. The van der Waals surface area contributed by atoms with Crippen LogP contribution in [0, 0.1) is 13.8 Å². The quantitative estimate of drug-likeness (QED) is 0.302. The number of carbonyl (C=O) groups is 4. The zero-order valence-electron chi connectivity index (χ0n) is 19.7. The maximum atomic E-state index is 13.3. The second kappa shape index (κ2) is 9.07. The molecule has 1 aliphatic rings. The van der Waals surface area contributed by atoms with Gasteiger partial charge in [0.2, 0.25) is 0 Å². The fraction of sp³-hybridized carbons (Fsp3) is 0.0667. The Hall–Kier alpha value is -4.84. The van der Waals surface area contributed by atoms with E-state index in [2.05, 4.69) is 5.32 Å². The largest absolute Gasteiger partial charge is 0.322 e. The standard InChI is InChI=1S/C30H22N2O4/c1-18-11-13-23(15-19(18)2)31-28(34)22-12-14-25-26(17-22)30(36)32(29(25)35)24-10-6-9-21(16-24)27(33)20-7-4-3-5-8-20/h3-17H,1-2H3,(H,31,34). The lowest BCUT2D eigenvalue weighted by Gasteiger charge is -2.14. The highest BCUT2D eigenvalue weighted by molar-refractivity contribution is 6.35. The van der Waals surface area contributed by atoms with E-state index in [1.807, 2.05) is 38.1 Å². The highest BCUT2D eigenvalue weighted by atomic mass is 16.2. The number of benzene rings is 4. The summed E-state index contributed by atoms with van der Waals surface area (Å²) in [7, 11) is 0. The van der Waals surface area contributed by atoms with Crippen LogP contribution >= 0.6 is 0 Å². The third-order valence-electron chi connectivity index (χ3n) is 6.32. The molecule has 0 saturated heterocycles. The van der Waals surface area contributed by atoms with Crippen LogP contribution in [0.3, 0.4) is 0 Å². The molecular formula is C30H22N2O4. The lowest BCUT2D eigenvalue weighted by Crippen LogP contribution is -2.29. The van der Waals surface area contributed by atoms with Gasteiger partial charge in [-0.2, -0.15) is 0 Å². The molecule has 0 fully saturated rings. The molecule has 3 amide bonds. The zero-order chi connectivity index (χ0) is 25.4. The number of fused-ring (bicyclic) bond motifs is 1. The molecule has 0 bridgehead atoms. The molecule has 0 radical (unpaired) electrons. The van der Waals surface area contributed by atoms with E-state index in [1.54, 1.807) is 42.5 Å². The van der Waals surface area contributed by atoms with Gasteiger partial charge in [0, 0.05) is 22.4 Å². The Labute approximate surface area is 208 Å². The average molecular weight is 475 g/mol. The molecule has 5 rings (SSSR count). The number of hydrogen-bond acceptors (Lipinski definition) is 4. The lowest BCUT2D eigenvalue weighted by molar-refractivity contribution is 0.0923. The van der Waals surface area contributed by atoms with Crippen LogP contribution in [-0.4, -0.2) is 23.5 Å². The minimum absolute atomic E-state index is 0.146. The maximum absolute atomic E-state index is 13.3. The SMILES string of the molecule is Cc1ccc(NC(=O)c2ccc3c(c2)C(=O)N(c2cccc(C(=O)c4ccccc4)c2)C3=O)cc1C. The molecule has 176 valence electrons. The lowest BCUT2D eigenvalue weighted by atomic mass is 10.0. The summed E-state index contributed by atoms with van der Waals surface area (Å²) < 4.78 is 0. The topological polar surface area (TPSA) is 83.6 Å². The average Bonchev–Trinajstić information content (AvgIpc) is 3.15. The van der Waals surface area contributed by atoms with Gasteiger partial charge in [-0.3, -0.25) is 19.2 Å². The number of anilines is 2. The number of nitrogens with one attached hydrogen (secondary N) is 1. The van der Waals surface area contributed by atoms with E-state index in [4.69, 9.17) is 0 Å². The number of imide groups is 1. The molecule has 6 heteroatoms. The Bertz CT molecular complexity index is 1560. The third kappa shape index (κ3) is 4.09. The van der Waals surface area contributed by atoms with Gasteiger partial charge in [-0.25, -0.2) is 4.90 Å². The summed E-state index contributed by atoms with van der Waals surface area (Å²) >= 11 is 0. The van der Waals surface area contributed by atoms with Gasteiger partial charge in [-0.1, -0.05) is 48.5 Å². The molecule has 1 N–H and O–H groups in total. The van der Waals surface area contributed by atoms with Crippen molar-refractivity contribution in [3.8, 4) is 0 Å². The predicted molar refractivity (Wildman–Crippen MR) is 138 cm³/mol. The Morgan fingerprint density at radius 3 is 2.11 bits per heavy atom. The van der Waals surface area contributed by atoms with Crippen LogP contribution in [0.25, 0.3) is 0 Å². The molecule has 6 nitrogen and oxygen atoms in total. The zero-order valence-corrected chi connectivity index (χ0v) is 19.7. The molecule has 4 aromatic rings. The molecule has 0 atom stereocenters. The summed E-state index contributed by atoms with van der Waals surface area (Å²) in [5, 5.41) is 2.84. The molecule has 0 aromatic heterocycles. The minimum Gasteiger partial charge on any atom is -0.322 e. The predicted octanol–water partition coefficient (Wildman–Crippen LogP) is 5.59. The van der Waals surface area contributed by atoms with Crippen LogP contribution in [0.2, 0.25) is 0 Å². The molecule has 0 unspecified atom stereocenters. The summed E-state index contributed by atoms with van der Waals surface area (Å²) in [6.45, 7) is 3.95. The maximum Gasteiger partial charge on any atom is 0.266 e. The third-order valence-corrected chi connectivity index (χ3v) is 6.32. The van der Waals surface area contributed by atoms with E-state index >= 15 is 0 Å². The molecule has 4 aromatic carbocycles. The molecular weight excluding hydrogens is 452 g/mol. The molecule has 1 aliphatic heterocycles. The monoisotopic (exact) mass is 474 g/mol. The van der Waals surface area contributed by atoms with Crippen molar-refractivity contribution in [1.29, 1.82) is 0 Å². The minimum atomic E-state index is -0.542. The molecule has 1 heterocycles. The van der Waals surface area contributed by atoms with Crippen LogP contribution in [0.5, 0.6) is 0 Å². The Morgan fingerprint density at radius 2 is 1.36 bits per heavy atom. The van der Waals surface area contributed by atoms with E-state index < -0.39 is 11.8 Å². The number of ketones is 1. The van der Waals surface area contributed by atoms with Gasteiger partial charge in [0.05, 0.1) is 16.8 Å². The van der Waals surface area contributed by atoms with Crippen molar-refractivity contribution < 1.29 is 19.2 Å². The Morgan fingerprint density at radius 1 is 0.639 bits per heavy atom. The number of nitrogens with zero attached hydrogens (tertiary/aromatic N) is 1. The van der Waals surface area contributed by atoms with Crippen molar-refractivity contribution in [3.63, 3.8) is 0 Å². The van der Waals surface area contributed by atoms with Crippen molar-refractivity contribution in [2.75, 3.05) is 10.2 Å². The summed E-state index contributed by atoms with van der Waals surface area (Å²) in [5.74, 6) is -1.63. The first-order valence-electron chi connectivity index (χ1n) is 11.4. The van der Waals surface area contributed by atoms with E-state index in [0.29, 0.717) is 22.5 Å². The second-order valence-corrected chi connectivity index (χ2v) is 8.70. The molecule has 0 spiro atoms.